The molecular formula is C13H16INO3. The van der Waals surface area contributed by atoms with Crippen molar-refractivity contribution in [3.05, 3.63) is 27.3 Å². The number of benzene rings is 1. The van der Waals surface area contributed by atoms with Gasteiger partial charge in [0.15, 0.2) is 0 Å². The highest BCUT2D eigenvalue weighted by atomic mass is 127. The lowest BCUT2D eigenvalue weighted by Crippen LogP contribution is -2.40. The molecule has 1 aromatic rings. The van der Waals surface area contributed by atoms with E-state index < -0.39 is 0 Å². The normalized spacial score (nSPS) is 23.0. The van der Waals surface area contributed by atoms with E-state index in [9.17, 15) is 9.90 Å². The molecule has 1 amide bonds. The average molecular weight is 361 g/mol. The molecule has 0 aliphatic carbocycles. The van der Waals surface area contributed by atoms with Crippen molar-refractivity contribution in [2.45, 2.75) is 25.4 Å². The predicted octanol–water partition coefficient (Wildman–Crippen LogP) is 2.30. The summed E-state index contributed by atoms with van der Waals surface area (Å²) in [5.74, 6) is -0.0509. The van der Waals surface area contributed by atoms with Crippen molar-refractivity contribution in [2.75, 3.05) is 13.2 Å². The minimum Gasteiger partial charge on any atom is -0.507 e. The Morgan fingerprint density at radius 2 is 2.39 bits per heavy atom. The van der Waals surface area contributed by atoms with Crippen LogP contribution in [0.15, 0.2) is 18.2 Å². The van der Waals surface area contributed by atoms with Gasteiger partial charge in [0.1, 0.15) is 5.75 Å². The first kappa shape index (κ1) is 13.6. The summed E-state index contributed by atoms with van der Waals surface area (Å²) in [6, 6.07) is 4.90. The average Bonchev–Trinajstić information content (AvgIpc) is 2.77. The first-order valence-electron chi connectivity index (χ1n) is 5.91. The number of rotatable bonds is 3. The van der Waals surface area contributed by atoms with Crippen LogP contribution >= 0.6 is 22.6 Å². The predicted molar refractivity (Wildman–Crippen MR) is 76.7 cm³/mol. The number of ether oxygens (including phenoxy) is 1. The first-order chi connectivity index (χ1) is 8.50. The van der Waals surface area contributed by atoms with Crippen LogP contribution in [0.25, 0.3) is 0 Å². The van der Waals surface area contributed by atoms with Gasteiger partial charge in [-0.2, -0.15) is 0 Å². The van der Waals surface area contributed by atoms with Crippen LogP contribution in [-0.2, 0) is 4.74 Å². The molecular weight excluding hydrogens is 345 g/mol. The Kier molecular flexibility index (Phi) is 4.11. The van der Waals surface area contributed by atoms with Crippen LogP contribution < -0.4 is 5.32 Å². The van der Waals surface area contributed by atoms with E-state index >= 15 is 0 Å². The van der Waals surface area contributed by atoms with Crippen molar-refractivity contribution >= 4 is 28.5 Å². The topological polar surface area (TPSA) is 58.6 Å². The molecule has 98 valence electrons. The fourth-order valence-electron chi connectivity index (χ4n) is 2.00. The molecule has 5 heteroatoms. The van der Waals surface area contributed by atoms with Gasteiger partial charge >= 0.3 is 0 Å². The van der Waals surface area contributed by atoms with Gasteiger partial charge < -0.3 is 15.2 Å². The van der Waals surface area contributed by atoms with Gasteiger partial charge in [0.25, 0.3) is 5.91 Å². The van der Waals surface area contributed by atoms with Gasteiger partial charge in [0, 0.05) is 18.7 Å². The number of phenols is 1. The van der Waals surface area contributed by atoms with Crippen molar-refractivity contribution in [3.8, 4) is 5.75 Å². The zero-order valence-corrected chi connectivity index (χ0v) is 12.4. The van der Waals surface area contributed by atoms with Crippen molar-refractivity contribution in [2.24, 2.45) is 0 Å². The van der Waals surface area contributed by atoms with Gasteiger partial charge in [0.2, 0.25) is 0 Å². The van der Waals surface area contributed by atoms with Crippen molar-refractivity contribution in [1.29, 1.82) is 0 Å². The van der Waals surface area contributed by atoms with Gasteiger partial charge in [-0.3, -0.25) is 4.79 Å². The highest BCUT2D eigenvalue weighted by Crippen LogP contribution is 2.24. The van der Waals surface area contributed by atoms with Crippen molar-refractivity contribution < 1.29 is 14.6 Å². The molecule has 1 heterocycles. The molecule has 1 saturated heterocycles. The molecule has 0 saturated carbocycles. The third-order valence-corrected chi connectivity index (χ3v) is 4.04. The van der Waals surface area contributed by atoms with E-state index in [4.69, 9.17) is 4.74 Å². The molecule has 0 radical (unpaired) electrons. The van der Waals surface area contributed by atoms with Crippen LogP contribution in [0.5, 0.6) is 5.75 Å². The lowest BCUT2D eigenvalue weighted by atomic mass is 10.0. The molecule has 1 aromatic carbocycles. The Balaban J connectivity index is 1.97. The molecule has 0 bridgehead atoms. The quantitative estimate of drug-likeness (QED) is 0.813. The SMILES string of the molecule is CC1(CNC(=O)c2ccc(I)c(O)c2)CCCO1. The van der Waals surface area contributed by atoms with Crippen LogP contribution in [0, 0.1) is 3.57 Å². The number of aromatic hydroxyl groups is 1. The van der Waals surface area contributed by atoms with E-state index in [-0.39, 0.29) is 17.3 Å². The molecule has 1 atom stereocenters. The minimum absolute atomic E-state index is 0.131. The lowest BCUT2D eigenvalue weighted by Gasteiger charge is -2.23. The summed E-state index contributed by atoms with van der Waals surface area (Å²) >= 11 is 2.02. The van der Waals surface area contributed by atoms with Crippen LogP contribution in [0.3, 0.4) is 0 Å². The summed E-state index contributed by atoms with van der Waals surface area (Å²) in [6.07, 6.45) is 2.00. The number of amides is 1. The maximum Gasteiger partial charge on any atom is 0.251 e. The summed E-state index contributed by atoms with van der Waals surface area (Å²) in [4.78, 5) is 11.9. The molecule has 1 aliphatic rings. The summed E-state index contributed by atoms with van der Waals surface area (Å²) in [7, 11) is 0. The Morgan fingerprint density at radius 1 is 1.61 bits per heavy atom. The number of carbonyl (C=O) groups is 1. The number of nitrogens with one attached hydrogen (secondary N) is 1. The number of hydrogen-bond donors (Lipinski definition) is 2. The first-order valence-corrected chi connectivity index (χ1v) is 6.99. The Bertz CT molecular complexity index is 456. The molecule has 1 fully saturated rings. The largest absolute Gasteiger partial charge is 0.507 e. The highest BCUT2D eigenvalue weighted by molar-refractivity contribution is 14.1. The highest BCUT2D eigenvalue weighted by Gasteiger charge is 2.30. The molecule has 0 aromatic heterocycles. The van der Waals surface area contributed by atoms with Crippen LogP contribution in [0.1, 0.15) is 30.1 Å². The lowest BCUT2D eigenvalue weighted by molar-refractivity contribution is 0.0206. The molecule has 4 nitrogen and oxygen atoms in total. The van der Waals surface area contributed by atoms with Gasteiger partial charge in [-0.25, -0.2) is 0 Å². The Morgan fingerprint density at radius 3 is 3.00 bits per heavy atom. The van der Waals surface area contributed by atoms with E-state index in [0.29, 0.717) is 12.1 Å². The molecule has 1 unspecified atom stereocenters. The van der Waals surface area contributed by atoms with Crippen LogP contribution in [0.4, 0.5) is 0 Å². The molecule has 1 aliphatic heterocycles. The van der Waals surface area contributed by atoms with E-state index in [1.165, 1.54) is 6.07 Å². The van der Waals surface area contributed by atoms with E-state index in [1.54, 1.807) is 12.1 Å². The van der Waals surface area contributed by atoms with Gasteiger partial charge in [-0.1, -0.05) is 0 Å². The Hall–Kier alpha value is -0.820. The fourth-order valence-corrected chi connectivity index (χ4v) is 2.33. The fraction of sp³-hybridized carbons (Fsp3) is 0.462. The minimum atomic E-state index is -0.249. The Labute approximate surface area is 120 Å². The smallest absolute Gasteiger partial charge is 0.251 e. The standard InChI is InChI=1S/C13H16INO3/c1-13(5-2-6-18-13)8-15-12(17)9-3-4-10(14)11(16)7-9/h3-4,7,16H,2,5-6,8H2,1H3,(H,15,17). The summed E-state index contributed by atoms with van der Waals surface area (Å²) < 4.78 is 6.34. The number of phenolic OH excluding ortho intramolecular Hbond substituents is 1. The van der Waals surface area contributed by atoms with E-state index in [1.807, 2.05) is 29.5 Å². The number of carbonyl (C=O) groups excluding carboxylic acids is 1. The molecule has 2 N–H and O–H groups in total. The van der Waals surface area contributed by atoms with Crippen molar-refractivity contribution in [3.63, 3.8) is 0 Å². The van der Waals surface area contributed by atoms with Crippen molar-refractivity contribution in [1.82, 2.24) is 5.32 Å². The van der Waals surface area contributed by atoms with E-state index in [2.05, 4.69) is 5.32 Å². The maximum atomic E-state index is 11.9. The summed E-state index contributed by atoms with van der Waals surface area (Å²) in [6.45, 7) is 3.26. The third kappa shape index (κ3) is 3.14. The van der Waals surface area contributed by atoms with Gasteiger partial charge in [0.05, 0.1) is 9.17 Å². The van der Waals surface area contributed by atoms with E-state index in [0.717, 1.165) is 23.0 Å². The van der Waals surface area contributed by atoms with Crippen LogP contribution in [-0.4, -0.2) is 29.8 Å². The number of hydrogen-bond acceptors (Lipinski definition) is 3. The second-order valence-electron chi connectivity index (χ2n) is 4.75. The summed E-state index contributed by atoms with van der Waals surface area (Å²) in [5.41, 5.74) is 0.218. The van der Waals surface area contributed by atoms with Gasteiger partial charge in [-0.15, -0.1) is 0 Å². The van der Waals surface area contributed by atoms with Crippen LogP contribution in [0.2, 0.25) is 0 Å². The monoisotopic (exact) mass is 361 g/mol. The van der Waals surface area contributed by atoms with Gasteiger partial charge in [-0.05, 0) is 60.6 Å². The third-order valence-electron chi connectivity index (χ3n) is 3.13. The molecule has 2 rings (SSSR count). The second kappa shape index (κ2) is 5.44. The zero-order chi connectivity index (χ0) is 13.2. The molecule has 0 spiro atoms. The number of halogens is 1. The zero-order valence-electron chi connectivity index (χ0n) is 10.2. The summed E-state index contributed by atoms with van der Waals surface area (Å²) in [5, 5.41) is 12.4. The second-order valence-corrected chi connectivity index (χ2v) is 5.91. The maximum absolute atomic E-state index is 11.9. The molecule has 18 heavy (non-hydrogen) atoms.